The van der Waals surface area contributed by atoms with Gasteiger partial charge in [0.2, 0.25) is 0 Å². The van der Waals surface area contributed by atoms with Gasteiger partial charge in [0.05, 0.1) is 7.11 Å². The van der Waals surface area contributed by atoms with Crippen LogP contribution in [0.1, 0.15) is 37.5 Å². The maximum absolute atomic E-state index is 6.59. The lowest BCUT2D eigenvalue weighted by molar-refractivity contribution is -0.540. The molecular formula is C23H31BrNO2Si+. The Morgan fingerprint density at radius 3 is 2.46 bits per heavy atom. The van der Waals surface area contributed by atoms with E-state index in [1.807, 2.05) is 0 Å². The monoisotopic (exact) mass is 460 g/mol. The maximum Gasteiger partial charge on any atom is 0.250 e. The van der Waals surface area contributed by atoms with E-state index in [1.165, 1.54) is 16.7 Å². The van der Waals surface area contributed by atoms with Crippen molar-refractivity contribution in [1.29, 1.82) is 0 Å². The van der Waals surface area contributed by atoms with Gasteiger partial charge < -0.3 is 9.16 Å². The molecule has 0 amide bonds. The molecule has 1 aliphatic rings. The van der Waals surface area contributed by atoms with Crippen molar-refractivity contribution in [2.75, 3.05) is 13.7 Å². The first-order chi connectivity index (χ1) is 13.1. The Morgan fingerprint density at radius 2 is 1.82 bits per heavy atom. The van der Waals surface area contributed by atoms with Crippen LogP contribution in [-0.2, 0) is 13.0 Å². The van der Waals surface area contributed by atoms with Crippen LogP contribution in [0.4, 0.5) is 0 Å². The second-order valence-electron chi connectivity index (χ2n) is 9.01. The van der Waals surface area contributed by atoms with Gasteiger partial charge in [0.25, 0.3) is 8.32 Å². The van der Waals surface area contributed by atoms with Gasteiger partial charge in [-0.3, -0.25) is 0 Å². The van der Waals surface area contributed by atoms with Crippen LogP contribution < -0.4 is 9.16 Å². The van der Waals surface area contributed by atoms with Gasteiger partial charge in [-0.2, -0.15) is 0 Å². The van der Waals surface area contributed by atoms with E-state index in [0.29, 0.717) is 0 Å². The van der Waals surface area contributed by atoms with Crippen molar-refractivity contribution in [3.8, 4) is 11.5 Å². The van der Waals surface area contributed by atoms with Gasteiger partial charge in [0, 0.05) is 22.0 Å². The molecular weight excluding hydrogens is 430 g/mol. The van der Waals surface area contributed by atoms with Gasteiger partial charge in [-0.25, -0.2) is 4.58 Å². The normalized spacial score (nSPS) is 14.3. The van der Waals surface area contributed by atoms with E-state index in [4.69, 9.17) is 9.16 Å². The Morgan fingerprint density at radius 1 is 1.11 bits per heavy atom. The summed E-state index contributed by atoms with van der Waals surface area (Å²) in [6, 6.07) is 12.7. The second kappa shape index (κ2) is 8.03. The van der Waals surface area contributed by atoms with Crippen molar-refractivity contribution >= 4 is 30.5 Å². The molecule has 28 heavy (non-hydrogen) atoms. The molecule has 0 atom stereocenters. The van der Waals surface area contributed by atoms with Crippen LogP contribution in [0, 0.1) is 0 Å². The molecule has 5 heteroatoms. The van der Waals surface area contributed by atoms with Crippen LogP contribution in [0.3, 0.4) is 0 Å². The average Bonchev–Trinajstić information content (AvgIpc) is 2.62. The zero-order valence-electron chi connectivity index (χ0n) is 17.8. The number of nitrogens with zero attached hydrogens (tertiary/aromatic N) is 1. The van der Waals surface area contributed by atoms with Crippen molar-refractivity contribution in [3.05, 3.63) is 57.6 Å². The van der Waals surface area contributed by atoms with Crippen molar-refractivity contribution < 1.29 is 13.7 Å². The largest absolute Gasteiger partial charge is 0.541 e. The Bertz CT molecular complexity index is 900. The molecule has 3 rings (SSSR count). The fourth-order valence-corrected chi connectivity index (χ4v) is 4.54. The van der Waals surface area contributed by atoms with Gasteiger partial charge in [-0.1, -0.05) is 54.9 Å². The number of methoxy groups -OCH3 is 1. The lowest BCUT2D eigenvalue weighted by atomic mass is 10.0. The van der Waals surface area contributed by atoms with Crippen LogP contribution in [0.2, 0.25) is 18.1 Å². The smallest absolute Gasteiger partial charge is 0.250 e. The third-order valence-corrected chi connectivity index (χ3v) is 11.0. The van der Waals surface area contributed by atoms with E-state index < -0.39 is 8.32 Å². The quantitative estimate of drug-likeness (QED) is 0.401. The molecule has 0 aliphatic carbocycles. The molecule has 0 radical (unpaired) electrons. The maximum atomic E-state index is 6.59. The van der Waals surface area contributed by atoms with Gasteiger partial charge in [0.1, 0.15) is 12.3 Å². The van der Waals surface area contributed by atoms with Gasteiger partial charge in [-0.15, -0.1) is 0 Å². The molecule has 0 saturated heterocycles. The number of fused-ring (bicyclic) bond motifs is 1. The molecule has 2 aromatic rings. The first-order valence-electron chi connectivity index (χ1n) is 9.83. The third kappa shape index (κ3) is 4.52. The summed E-state index contributed by atoms with van der Waals surface area (Å²) in [5.41, 5.74) is 3.85. The Kier molecular flexibility index (Phi) is 6.06. The lowest BCUT2D eigenvalue weighted by Crippen LogP contribution is -2.44. The summed E-state index contributed by atoms with van der Waals surface area (Å²) in [5, 5.41) is 0.142. The second-order valence-corrected chi connectivity index (χ2v) is 14.6. The highest BCUT2D eigenvalue weighted by atomic mass is 79.9. The average molecular weight is 461 g/mol. The van der Waals surface area contributed by atoms with E-state index in [-0.39, 0.29) is 5.04 Å². The molecule has 2 aromatic carbocycles. The van der Waals surface area contributed by atoms with Crippen molar-refractivity contribution in [1.82, 2.24) is 0 Å². The minimum absolute atomic E-state index is 0.142. The molecule has 0 aromatic heterocycles. The van der Waals surface area contributed by atoms with Gasteiger partial charge in [-0.05, 0) is 41.9 Å². The number of ether oxygens (including phenoxy) is 1. The fraction of sp³-hybridized carbons (Fsp3) is 0.435. The zero-order chi connectivity index (χ0) is 20.5. The molecule has 0 spiro atoms. The summed E-state index contributed by atoms with van der Waals surface area (Å²) in [7, 11) is -0.210. The van der Waals surface area contributed by atoms with Crippen molar-refractivity contribution in [3.63, 3.8) is 0 Å². The number of rotatable bonds is 5. The number of hydrogen-bond acceptors (Lipinski definition) is 2. The molecule has 3 nitrogen and oxygen atoms in total. The Hall–Kier alpha value is -1.59. The van der Waals surface area contributed by atoms with Crippen LogP contribution in [-0.4, -0.2) is 32.8 Å². The zero-order valence-corrected chi connectivity index (χ0v) is 20.4. The summed E-state index contributed by atoms with van der Waals surface area (Å²) >= 11 is 3.66. The summed E-state index contributed by atoms with van der Waals surface area (Å²) in [4.78, 5) is 0. The van der Waals surface area contributed by atoms with E-state index in [2.05, 4.69) is 97.0 Å². The van der Waals surface area contributed by atoms with E-state index in [9.17, 15) is 0 Å². The molecule has 1 heterocycles. The molecule has 0 N–H and O–H groups in total. The van der Waals surface area contributed by atoms with E-state index >= 15 is 0 Å². The highest BCUT2D eigenvalue weighted by Gasteiger charge is 2.39. The number of hydrogen-bond donors (Lipinski definition) is 0. The molecule has 1 aliphatic heterocycles. The van der Waals surface area contributed by atoms with Gasteiger partial charge >= 0.3 is 0 Å². The van der Waals surface area contributed by atoms with Crippen LogP contribution >= 0.6 is 15.9 Å². The highest BCUT2D eigenvalue weighted by molar-refractivity contribution is 9.10. The first kappa shape index (κ1) is 21.1. The standard InChI is InChI=1S/C23H31BrNO2Si/c1-23(2,3)28(5,6)27-22-14-19-16-25(12-11-17(19)13-21(22)26-4)15-18-9-7-8-10-20(18)24/h7-10,13-14,16H,11-12,15H2,1-6H3/q+1. The van der Waals surface area contributed by atoms with E-state index in [0.717, 1.165) is 35.5 Å². The van der Waals surface area contributed by atoms with Crippen molar-refractivity contribution in [2.24, 2.45) is 0 Å². The summed E-state index contributed by atoms with van der Waals surface area (Å²) in [6.07, 6.45) is 3.27. The highest BCUT2D eigenvalue weighted by Crippen LogP contribution is 2.41. The number of benzene rings is 2. The Balaban J connectivity index is 1.93. The molecule has 0 bridgehead atoms. The van der Waals surface area contributed by atoms with Gasteiger partial charge in [0.15, 0.2) is 18.5 Å². The van der Waals surface area contributed by atoms with E-state index in [1.54, 1.807) is 7.11 Å². The molecule has 0 unspecified atom stereocenters. The predicted molar refractivity (Wildman–Crippen MR) is 123 cm³/mol. The van der Waals surface area contributed by atoms with Crippen molar-refractivity contribution in [2.45, 2.75) is 51.9 Å². The third-order valence-electron chi connectivity index (χ3n) is 5.92. The summed E-state index contributed by atoms with van der Waals surface area (Å²) < 4.78 is 15.8. The summed E-state index contributed by atoms with van der Waals surface area (Å²) in [5.74, 6) is 1.71. The minimum Gasteiger partial charge on any atom is -0.541 e. The fourth-order valence-electron chi connectivity index (χ4n) is 3.12. The molecule has 150 valence electrons. The summed E-state index contributed by atoms with van der Waals surface area (Å²) in [6.45, 7) is 13.2. The first-order valence-corrected chi connectivity index (χ1v) is 13.5. The van der Waals surface area contributed by atoms with Crippen LogP contribution in [0.25, 0.3) is 0 Å². The predicted octanol–water partition coefficient (Wildman–Crippen LogP) is 6.03. The minimum atomic E-state index is -1.94. The molecule has 0 fully saturated rings. The number of halogens is 1. The Labute approximate surface area is 178 Å². The SMILES string of the molecule is COc1cc2c(cc1O[Si](C)(C)C(C)(C)C)C=[N+](Cc1ccccc1Br)CC2. The topological polar surface area (TPSA) is 21.5 Å². The molecule has 0 saturated carbocycles. The van der Waals surface area contributed by atoms with Crippen LogP contribution in [0.5, 0.6) is 11.5 Å². The lowest BCUT2D eigenvalue weighted by Gasteiger charge is -2.37. The van der Waals surface area contributed by atoms with Crippen LogP contribution in [0.15, 0.2) is 40.9 Å².